The fourth-order valence-corrected chi connectivity index (χ4v) is 2.74. The Morgan fingerprint density at radius 3 is 2.67 bits per heavy atom. The number of hydrogen-bond acceptors (Lipinski definition) is 5. The molecule has 0 aliphatic carbocycles. The van der Waals surface area contributed by atoms with E-state index in [1.807, 2.05) is 12.1 Å². The number of carbonyl (C=O) groups is 2. The first kappa shape index (κ1) is 18.1. The molecule has 0 aliphatic rings. The Balaban J connectivity index is 1.71. The van der Waals surface area contributed by atoms with Crippen molar-refractivity contribution in [2.45, 2.75) is 13.8 Å². The van der Waals surface area contributed by atoms with Crippen molar-refractivity contribution in [1.29, 1.82) is 0 Å². The number of nitrogens with one attached hydrogen (secondary N) is 2. The van der Waals surface area contributed by atoms with Gasteiger partial charge in [-0.05, 0) is 31.0 Å². The molecule has 1 heterocycles. The van der Waals surface area contributed by atoms with Crippen LogP contribution in [0.1, 0.15) is 21.5 Å². The van der Waals surface area contributed by atoms with Gasteiger partial charge < -0.3 is 15.0 Å². The minimum atomic E-state index is -0.655. The van der Waals surface area contributed by atoms with Gasteiger partial charge in [0, 0.05) is 23.2 Å². The highest BCUT2D eigenvalue weighted by molar-refractivity contribution is 6.05. The van der Waals surface area contributed by atoms with Crippen LogP contribution in [-0.4, -0.2) is 28.4 Å². The van der Waals surface area contributed by atoms with E-state index < -0.39 is 23.4 Å². The monoisotopic (exact) mass is 367 g/mol. The van der Waals surface area contributed by atoms with E-state index in [0.29, 0.717) is 16.5 Å². The standard InChI is InChI=1S/C19H17N3O5/c1-11-7-8-16(22(25)26)18(12(11)2)21-17(23)10-27-19(24)14-9-20-15-6-4-3-5-13(14)15/h3-9,20H,10H2,1-2H3,(H,21,23). The van der Waals surface area contributed by atoms with Gasteiger partial charge in [-0.15, -0.1) is 0 Å². The Bertz CT molecular complexity index is 1050. The number of aryl methyl sites for hydroxylation is 1. The summed E-state index contributed by atoms with van der Waals surface area (Å²) in [4.78, 5) is 38.0. The summed E-state index contributed by atoms with van der Waals surface area (Å²) in [5.41, 5.74) is 2.37. The Kier molecular flexibility index (Phi) is 4.89. The maximum Gasteiger partial charge on any atom is 0.340 e. The molecule has 0 unspecified atom stereocenters. The SMILES string of the molecule is Cc1ccc([N+](=O)[O-])c(NC(=O)COC(=O)c2c[nH]c3ccccc23)c1C. The topological polar surface area (TPSA) is 114 Å². The second kappa shape index (κ2) is 7.28. The van der Waals surface area contributed by atoms with Crippen molar-refractivity contribution in [3.05, 3.63) is 69.4 Å². The van der Waals surface area contributed by atoms with E-state index in [4.69, 9.17) is 4.74 Å². The Morgan fingerprint density at radius 1 is 1.19 bits per heavy atom. The number of rotatable bonds is 5. The summed E-state index contributed by atoms with van der Waals surface area (Å²) in [6, 6.07) is 10.1. The van der Waals surface area contributed by atoms with Crippen LogP contribution in [0.4, 0.5) is 11.4 Å². The highest BCUT2D eigenvalue weighted by atomic mass is 16.6. The first-order valence-corrected chi connectivity index (χ1v) is 8.16. The lowest BCUT2D eigenvalue weighted by atomic mass is 10.1. The van der Waals surface area contributed by atoms with Crippen molar-refractivity contribution in [2.75, 3.05) is 11.9 Å². The molecule has 3 rings (SSSR count). The van der Waals surface area contributed by atoms with E-state index in [1.165, 1.54) is 12.3 Å². The van der Waals surface area contributed by atoms with Gasteiger partial charge in [0.1, 0.15) is 5.69 Å². The summed E-state index contributed by atoms with van der Waals surface area (Å²) < 4.78 is 5.06. The minimum absolute atomic E-state index is 0.105. The Hall–Kier alpha value is -3.68. The van der Waals surface area contributed by atoms with Crippen LogP contribution in [0, 0.1) is 24.0 Å². The number of carbonyl (C=O) groups excluding carboxylic acids is 2. The summed E-state index contributed by atoms with van der Waals surface area (Å²) in [5, 5.41) is 14.3. The predicted molar refractivity (Wildman–Crippen MR) is 99.8 cm³/mol. The van der Waals surface area contributed by atoms with Crippen LogP contribution in [0.2, 0.25) is 0 Å². The summed E-state index contributed by atoms with van der Waals surface area (Å²) in [7, 11) is 0. The third kappa shape index (κ3) is 3.64. The predicted octanol–water partition coefficient (Wildman–Crippen LogP) is 3.49. The van der Waals surface area contributed by atoms with Crippen LogP contribution in [-0.2, 0) is 9.53 Å². The van der Waals surface area contributed by atoms with Crippen LogP contribution in [0.5, 0.6) is 0 Å². The lowest BCUT2D eigenvalue weighted by Gasteiger charge is -2.11. The van der Waals surface area contributed by atoms with Crippen LogP contribution < -0.4 is 5.32 Å². The molecular weight excluding hydrogens is 350 g/mol. The number of esters is 1. The number of nitro benzene ring substituents is 1. The molecule has 27 heavy (non-hydrogen) atoms. The zero-order valence-corrected chi connectivity index (χ0v) is 14.7. The molecular formula is C19H17N3O5. The number of hydrogen-bond donors (Lipinski definition) is 2. The smallest absolute Gasteiger partial charge is 0.340 e. The number of benzene rings is 2. The van der Waals surface area contributed by atoms with Crippen LogP contribution >= 0.6 is 0 Å². The largest absolute Gasteiger partial charge is 0.452 e. The molecule has 0 bridgehead atoms. The number of para-hydroxylation sites is 1. The average Bonchev–Trinajstić information content (AvgIpc) is 3.07. The molecule has 138 valence electrons. The van der Waals surface area contributed by atoms with Gasteiger partial charge in [0.05, 0.1) is 10.5 Å². The molecule has 2 aromatic carbocycles. The van der Waals surface area contributed by atoms with Gasteiger partial charge in [0.2, 0.25) is 0 Å². The fraction of sp³-hybridized carbons (Fsp3) is 0.158. The van der Waals surface area contributed by atoms with Crippen molar-refractivity contribution in [1.82, 2.24) is 4.98 Å². The van der Waals surface area contributed by atoms with Gasteiger partial charge in [-0.3, -0.25) is 14.9 Å². The molecule has 1 amide bonds. The molecule has 0 radical (unpaired) electrons. The van der Waals surface area contributed by atoms with E-state index in [1.54, 1.807) is 32.0 Å². The summed E-state index contributed by atoms with van der Waals surface area (Å²) in [6.45, 7) is 2.91. The van der Waals surface area contributed by atoms with Crippen LogP contribution in [0.15, 0.2) is 42.6 Å². The second-order valence-electron chi connectivity index (χ2n) is 6.03. The molecule has 0 fully saturated rings. The highest BCUT2D eigenvalue weighted by Gasteiger charge is 2.20. The van der Waals surface area contributed by atoms with Crippen LogP contribution in [0.25, 0.3) is 10.9 Å². The fourth-order valence-electron chi connectivity index (χ4n) is 2.74. The zero-order valence-electron chi connectivity index (χ0n) is 14.7. The van der Waals surface area contributed by atoms with Gasteiger partial charge in [0.25, 0.3) is 11.6 Å². The number of H-pyrrole nitrogens is 1. The van der Waals surface area contributed by atoms with Crippen molar-refractivity contribution in [3.63, 3.8) is 0 Å². The van der Waals surface area contributed by atoms with Crippen LogP contribution in [0.3, 0.4) is 0 Å². The first-order valence-electron chi connectivity index (χ1n) is 8.16. The Morgan fingerprint density at radius 2 is 1.93 bits per heavy atom. The summed E-state index contributed by atoms with van der Waals surface area (Å²) in [5.74, 6) is -1.31. The van der Waals surface area contributed by atoms with Gasteiger partial charge >= 0.3 is 5.97 Å². The zero-order chi connectivity index (χ0) is 19.6. The van der Waals surface area contributed by atoms with E-state index in [0.717, 1.165) is 11.1 Å². The van der Waals surface area contributed by atoms with Gasteiger partial charge in [-0.1, -0.05) is 24.3 Å². The lowest BCUT2D eigenvalue weighted by molar-refractivity contribution is -0.384. The molecule has 8 heteroatoms. The Labute approximate surface area is 154 Å². The normalized spacial score (nSPS) is 10.6. The van der Waals surface area contributed by atoms with Crippen molar-refractivity contribution >= 4 is 34.2 Å². The molecule has 0 saturated heterocycles. The van der Waals surface area contributed by atoms with E-state index in [9.17, 15) is 19.7 Å². The number of ether oxygens (including phenoxy) is 1. The number of amides is 1. The quantitative estimate of drug-likeness (QED) is 0.407. The molecule has 8 nitrogen and oxygen atoms in total. The molecule has 0 atom stereocenters. The summed E-state index contributed by atoms with van der Waals surface area (Å²) >= 11 is 0. The van der Waals surface area contributed by atoms with Gasteiger partial charge in [-0.25, -0.2) is 4.79 Å². The minimum Gasteiger partial charge on any atom is -0.452 e. The molecule has 0 saturated carbocycles. The number of aromatic nitrogens is 1. The van der Waals surface area contributed by atoms with E-state index in [-0.39, 0.29) is 11.4 Å². The number of nitro groups is 1. The molecule has 1 aromatic heterocycles. The number of nitrogens with zero attached hydrogens (tertiary/aromatic N) is 1. The van der Waals surface area contributed by atoms with Gasteiger partial charge in [-0.2, -0.15) is 0 Å². The van der Waals surface area contributed by atoms with Crippen molar-refractivity contribution < 1.29 is 19.2 Å². The maximum absolute atomic E-state index is 12.2. The number of fused-ring (bicyclic) bond motifs is 1. The van der Waals surface area contributed by atoms with Gasteiger partial charge in [0.15, 0.2) is 6.61 Å². The number of aromatic amines is 1. The first-order chi connectivity index (χ1) is 12.9. The number of anilines is 1. The molecule has 0 aliphatic heterocycles. The van der Waals surface area contributed by atoms with E-state index >= 15 is 0 Å². The molecule has 0 spiro atoms. The second-order valence-corrected chi connectivity index (χ2v) is 6.03. The third-order valence-corrected chi connectivity index (χ3v) is 4.32. The maximum atomic E-state index is 12.2. The molecule has 3 aromatic rings. The summed E-state index contributed by atoms with van der Waals surface area (Å²) in [6.07, 6.45) is 1.51. The molecule has 2 N–H and O–H groups in total. The van der Waals surface area contributed by atoms with Crippen molar-refractivity contribution in [3.8, 4) is 0 Å². The van der Waals surface area contributed by atoms with Crippen molar-refractivity contribution in [2.24, 2.45) is 0 Å². The third-order valence-electron chi connectivity index (χ3n) is 4.32. The van der Waals surface area contributed by atoms with E-state index in [2.05, 4.69) is 10.3 Å². The highest BCUT2D eigenvalue weighted by Crippen LogP contribution is 2.30. The lowest BCUT2D eigenvalue weighted by Crippen LogP contribution is -2.22. The average molecular weight is 367 g/mol.